The van der Waals surface area contributed by atoms with E-state index in [4.69, 9.17) is 34.3 Å². The van der Waals surface area contributed by atoms with E-state index in [1.807, 2.05) is 56.3 Å². The zero-order valence-electron chi connectivity index (χ0n) is 31.2. The molecule has 1 unspecified atom stereocenters. The lowest BCUT2D eigenvalue weighted by atomic mass is 10.0. The van der Waals surface area contributed by atoms with Gasteiger partial charge in [-0.2, -0.15) is 26.3 Å². The third-order valence-corrected chi connectivity index (χ3v) is 8.50. The quantitative estimate of drug-likeness (QED) is 0.0541. The summed E-state index contributed by atoms with van der Waals surface area (Å²) >= 11 is 0. The molecular formula is C38H41F6N5O8. The summed E-state index contributed by atoms with van der Waals surface area (Å²) in [5.41, 5.74) is 5.43. The van der Waals surface area contributed by atoms with Crippen LogP contribution >= 0.6 is 0 Å². The SMILES string of the molecule is CCC(=O)CCCCCC(NC(=O)Cc1c(C)[nH]c2ccc(OC)cc12)c1ncc(-c2ccc(OC)c3ncccc23)[nH]1.O=C(O)C(F)(F)F.O=C(O)C(F)(F)F. The number of aryl methyl sites for hydroxylation is 1. The number of nitrogens with one attached hydrogen (secondary N) is 3. The smallest absolute Gasteiger partial charge is 0.490 e. The van der Waals surface area contributed by atoms with Crippen molar-refractivity contribution in [2.45, 2.75) is 77.2 Å². The molecule has 0 radical (unpaired) electrons. The summed E-state index contributed by atoms with van der Waals surface area (Å²) in [6.07, 6.45) is -1.91. The van der Waals surface area contributed by atoms with Crippen LogP contribution in [-0.2, 0) is 25.6 Å². The van der Waals surface area contributed by atoms with Crippen LogP contribution < -0.4 is 14.8 Å². The maximum absolute atomic E-state index is 13.5. The normalized spacial score (nSPS) is 11.8. The molecule has 5 aromatic rings. The van der Waals surface area contributed by atoms with Crippen molar-refractivity contribution in [3.8, 4) is 22.8 Å². The van der Waals surface area contributed by atoms with Gasteiger partial charge >= 0.3 is 24.3 Å². The number of nitrogens with zero attached hydrogens (tertiary/aromatic N) is 2. The largest absolute Gasteiger partial charge is 0.497 e. The number of aromatic nitrogens is 4. The summed E-state index contributed by atoms with van der Waals surface area (Å²) < 4.78 is 74.4. The molecule has 5 rings (SSSR count). The maximum Gasteiger partial charge on any atom is 0.490 e. The lowest BCUT2D eigenvalue weighted by molar-refractivity contribution is -0.193. The van der Waals surface area contributed by atoms with Gasteiger partial charge in [-0.25, -0.2) is 14.6 Å². The Bertz CT molecular complexity index is 2140. The summed E-state index contributed by atoms with van der Waals surface area (Å²) in [5.74, 6) is -3.17. The van der Waals surface area contributed by atoms with Crippen LogP contribution in [0.4, 0.5) is 26.3 Å². The highest BCUT2D eigenvalue weighted by atomic mass is 19.4. The lowest BCUT2D eigenvalue weighted by Gasteiger charge is -2.17. The summed E-state index contributed by atoms with van der Waals surface area (Å²) in [6.45, 7) is 3.88. The van der Waals surface area contributed by atoms with Gasteiger partial charge in [0.15, 0.2) is 0 Å². The van der Waals surface area contributed by atoms with Gasteiger partial charge in [-0.1, -0.05) is 25.8 Å². The predicted molar refractivity (Wildman–Crippen MR) is 196 cm³/mol. The van der Waals surface area contributed by atoms with Gasteiger partial charge in [0.05, 0.1) is 38.6 Å². The fourth-order valence-electron chi connectivity index (χ4n) is 5.62. The molecule has 0 fully saturated rings. The maximum atomic E-state index is 13.5. The first kappa shape index (κ1) is 45.3. The van der Waals surface area contributed by atoms with E-state index in [0.717, 1.165) is 69.3 Å². The van der Waals surface area contributed by atoms with Crippen LogP contribution in [-0.4, -0.2) is 80.4 Å². The number of hydrogen-bond donors (Lipinski definition) is 5. The number of aliphatic carboxylic acids is 2. The average Bonchev–Trinajstić information content (AvgIpc) is 3.77. The molecule has 3 heterocycles. The molecule has 308 valence electrons. The van der Waals surface area contributed by atoms with Crippen molar-refractivity contribution in [2.75, 3.05) is 14.2 Å². The van der Waals surface area contributed by atoms with E-state index in [9.17, 15) is 35.9 Å². The average molecular weight is 810 g/mol. The van der Waals surface area contributed by atoms with Crippen molar-refractivity contribution < 1.29 is 65.2 Å². The molecule has 1 atom stereocenters. The molecule has 0 saturated heterocycles. The number of pyridine rings is 1. The molecule has 3 aromatic heterocycles. The first-order valence-electron chi connectivity index (χ1n) is 17.3. The molecule has 13 nitrogen and oxygen atoms in total. The summed E-state index contributed by atoms with van der Waals surface area (Å²) in [7, 11) is 3.27. The van der Waals surface area contributed by atoms with Crippen molar-refractivity contribution in [3.05, 3.63) is 71.9 Å². The van der Waals surface area contributed by atoms with Gasteiger partial charge in [-0.15, -0.1) is 0 Å². The highest BCUT2D eigenvalue weighted by Gasteiger charge is 2.39. The standard InChI is InChI=1S/C34H39N5O4.2C2HF3O2/c1-5-22(40)10-7-6-8-12-29(38-32(41)19-26-21(2)37-28-15-13-23(42-3)18-27(26)28)34-36-20-30(39-34)24-14-16-31(43-4)33-25(24)11-9-17-35-33;2*3-2(4,5)1(6)7/h9,11,13-18,20,29,37H,5-8,10,12,19H2,1-4H3,(H,36,39)(H,38,41);2*(H,6,7). The fourth-order valence-corrected chi connectivity index (χ4v) is 5.62. The van der Waals surface area contributed by atoms with E-state index in [0.29, 0.717) is 30.8 Å². The number of alkyl halides is 6. The van der Waals surface area contributed by atoms with Crippen LogP contribution in [0, 0.1) is 6.92 Å². The van der Waals surface area contributed by atoms with Crippen LogP contribution in [0.5, 0.6) is 11.5 Å². The van der Waals surface area contributed by atoms with Gasteiger partial charge < -0.3 is 35.0 Å². The van der Waals surface area contributed by atoms with Gasteiger partial charge in [0.2, 0.25) is 5.91 Å². The minimum atomic E-state index is -5.08. The van der Waals surface area contributed by atoms with E-state index in [-0.39, 0.29) is 24.2 Å². The van der Waals surface area contributed by atoms with Gasteiger partial charge in [0.25, 0.3) is 0 Å². The number of ether oxygens (including phenoxy) is 2. The molecule has 0 aliphatic rings. The zero-order chi connectivity index (χ0) is 42.5. The number of fused-ring (bicyclic) bond motifs is 2. The lowest BCUT2D eigenvalue weighted by Crippen LogP contribution is -2.30. The Morgan fingerprint density at radius 1 is 0.860 bits per heavy atom. The summed E-state index contributed by atoms with van der Waals surface area (Å²) in [6, 6.07) is 13.3. The highest BCUT2D eigenvalue weighted by Crippen LogP contribution is 2.33. The van der Waals surface area contributed by atoms with Crippen molar-refractivity contribution in [2.24, 2.45) is 0 Å². The van der Waals surface area contributed by atoms with Crippen molar-refractivity contribution in [1.82, 2.24) is 25.3 Å². The Kier molecular flexibility index (Phi) is 16.0. The number of imidazole rings is 1. The predicted octanol–water partition coefficient (Wildman–Crippen LogP) is 8.03. The molecule has 0 aliphatic carbocycles. The molecule has 0 saturated carbocycles. The van der Waals surface area contributed by atoms with E-state index in [2.05, 4.69) is 20.3 Å². The Hall–Kier alpha value is -6.14. The van der Waals surface area contributed by atoms with E-state index < -0.39 is 24.3 Å². The molecule has 0 bridgehead atoms. The number of halogens is 6. The zero-order valence-corrected chi connectivity index (χ0v) is 31.2. The second-order valence-corrected chi connectivity index (χ2v) is 12.4. The van der Waals surface area contributed by atoms with Gasteiger partial charge in [0.1, 0.15) is 28.6 Å². The van der Waals surface area contributed by atoms with Gasteiger partial charge in [-0.05, 0) is 61.7 Å². The molecule has 0 spiro atoms. The number of benzene rings is 2. The summed E-state index contributed by atoms with van der Waals surface area (Å²) in [4.78, 5) is 59.2. The molecule has 5 N–H and O–H groups in total. The number of rotatable bonds is 14. The third-order valence-electron chi connectivity index (χ3n) is 8.50. The number of hydrogen-bond acceptors (Lipinski definition) is 8. The number of H-pyrrole nitrogens is 2. The van der Waals surface area contributed by atoms with Crippen molar-refractivity contribution >= 4 is 45.4 Å². The fraction of sp³-hybridized carbons (Fsp3) is 0.368. The number of carbonyl (C=O) groups excluding carboxylic acids is 2. The first-order valence-corrected chi connectivity index (χ1v) is 17.3. The van der Waals surface area contributed by atoms with Gasteiger partial charge in [-0.3, -0.25) is 14.6 Å². The molecule has 19 heteroatoms. The van der Waals surface area contributed by atoms with Crippen molar-refractivity contribution in [1.29, 1.82) is 0 Å². The number of carbonyl (C=O) groups is 4. The van der Waals surface area contributed by atoms with Crippen LogP contribution in [0.25, 0.3) is 33.1 Å². The molecule has 57 heavy (non-hydrogen) atoms. The molecule has 0 aliphatic heterocycles. The Morgan fingerprint density at radius 2 is 1.53 bits per heavy atom. The minimum absolute atomic E-state index is 0.0879. The second kappa shape index (κ2) is 20.1. The first-order chi connectivity index (χ1) is 26.8. The summed E-state index contributed by atoms with van der Waals surface area (Å²) in [5, 5.41) is 19.4. The van der Waals surface area contributed by atoms with Crippen LogP contribution in [0.3, 0.4) is 0 Å². The topological polar surface area (TPSA) is 197 Å². The number of Topliss-reactive ketones (excluding diaryl/α,β-unsaturated/α-hetero) is 1. The van der Waals surface area contributed by atoms with E-state index in [1.54, 1.807) is 26.6 Å². The second-order valence-electron chi connectivity index (χ2n) is 12.4. The number of amides is 1. The number of aromatic amines is 2. The number of carboxylic acid groups (broad SMARTS) is 2. The number of ketones is 1. The molecule has 1 amide bonds. The highest BCUT2D eigenvalue weighted by molar-refractivity contribution is 5.97. The van der Waals surface area contributed by atoms with Crippen LogP contribution in [0.15, 0.2) is 54.9 Å². The van der Waals surface area contributed by atoms with Crippen molar-refractivity contribution in [3.63, 3.8) is 0 Å². The Morgan fingerprint density at radius 3 is 2.12 bits per heavy atom. The Labute approximate surface area is 321 Å². The van der Waals surface area contributed by atoms with Crippen LogP contribution in [0.1, 0.15) is 68.6 Å². The Balaban J connectivity index is 0.000000531. The number of methoxy groups -OCH3 is 2. The monoisotopic (exact) mass is 809 g/mol. The molecular weight excluding hydrogens is 768 g/mol. The molecule has 2 aromatic carbocycles. The number of carboxylic acids is 2. The van der Waals surface area contributed by atoms with Crippen LogP contribution in [0.2, 0.25) is 0 Å². The van der Waals surface area contributed by atoms with Gasteiger partial charge in [0, 0.05) is 46.6 Å². The third kappa shape index (κ3) is 13.0. The number of unbranched alkanes of at least 4 members (excludes halogenated alkanes) is 2. The minimum Gasteiger partial charge on any atom is -0.497 e. The van der Waals surface area contributed by atoms with E-state index >= 15 is 0 Å². The van der Waals surface area contributed by atoms with E-state index in [1.165, 1.54) is 0 Å².